The van der Waals surface area contributed by atoms with E-state index in [4.69, 9.17) is 0 Å². The van der Waals surface area contributed by atoms with Gasteiger partial charge in [0.05, 0.1) is 0 Å². The summed E-state index contributed by atoms with van der Waals surface area (Å²) in [4.78, 5) is 11.4. The molecule has 1 rings (SSSR count). The smallest absolute Gasteiger partial charge is 0.135 e. The number of halogens is 1. The lowest BCUT2D eigenvalue weighted by Crippen LogP contribution is -2.13. The van der Waals surface area contributed by atoms with Gasteiger partial charge in [-0.05, 0) is 36.6 Å². The molecule has 0 aliphatic carbocycles. The Morgan fingerprint density at radius 1 is 1.47 bits per heavy atom. The first-order valence-corrected chi connectivity index (χ1v) is 5.32. The Kier molecular flexibility index (Phi) is 4.01. The van der Waals surface area contributed by atoms with Crippen LogP contribution in [0.2, 0.25) is 0 Å². The van der Waals surface area contributed by atoms with Crippen LogP contribution >= 0.6 is 0 Å². The summed E-state index contributed by atoms with van der Waals surface area (Å²) in [6, 6.07) is 4.73. The van der Waals surface area contributed by atoms with Gasteiger partial charge in [0.15, 0.2) is 0 Å². The molecule has 0 heterocycles. The highest BCUT2D eigenvalue weighted by Crippen LogP contribution is 2.16. The molecule has 0 aromatic heterocycles. The van der Waals surface area contributed by atoms with Crippen molar-refractivity contribution in [1.29, 1.82) is 0 Å². The summed E-state index contributed by atoms with van der Waals surface area (Å²) in [6.07, 6.45) is 1.19. The molecule has 1 atom stereocenters. The molecule has 15 heavy (non-hydrogen) atoms. The minimum absolute atomic E-state index is 0.0181. The van der Waals surface area contributed by atoms with Gasteiger partial charge in [-0.25, -0.2) is 4.39 Å². The second-order valence-electron chi connectivity index (χ2n) is 4.00. The molecule has 1 unspecified atom stereocenters. The number of Topliss-reactive ketones (excluding diaryl/α,β-unsaturated/α-hetero) is 1. The fourth-order valence-electron chi connectivity index (χ4n) is 1.65. The van der Waals surface area contributed by atoms with E-state index in [9.17, 15) is 9.18 Å². The maximum atomic E-state index is 13.0. The predicted molar refractivity (Wildman–Crippen MR) is 59.3 cm³/mol. The van der Waals surface area contributed by atoms with Gasteiger partial charge in [0.2, 0.25) is 0 Å². The van der Waals surface area contributed by atoms with Crippen molar-refractivity contribution >= 4 is 5.78 Å². The molecule has 0 fully saturated rings. The number of ketones is 1. The Balaban J connectivity index is 2.80. The van der Waals surface area contributed by atoms with E-state index in [0.717, 1.165) is 11.1 Å². The standard InChI is InChI=1S/C13H17FO/c1-4-13(15)10(3)7-11-8-12(14)6-5-9(11)2/h5-6,8,10H,4,7H2,1-3H3. The number of benzene rings is 1. The molecule has 0 aliphatic heterocycles. The van der Waals surface area contributed by atoms with Crippen molar-refractivity contribution in [2.45, 2.75) is 33.6 Å². The van der Waals surface area contributed by atoms with Crippen molar-refractivity contribution in [2.75, 3.05) is 0 Å². The van der Waals surface area contributed by atoms with Gasteiger partial charge in [0, 0.05) is 12.3 Å². The number of rotatable bonds is 4. The van der Waals surface area contributed by atoms with Crippen molar-refractivity contribution < 1.29 is 9.18 Å². The van der Waals surface area contributed by atoms with Gasteiger partial charge in [-0.15, -0.1) is 0 Å². The number of hydrogen-bond donors (Lipinski definition) is 0. The monoisotopic (exact) mass is 208 g/mol. The Hall–Kier alpha value is -1.18. The van der Waals surface area contributed by atoms with Gasteiger partial charge in [0.25, 0.3) is 0 Å². The van der Waals surface area contributed by atoms with Crippen molar-refractivity contribution in [3.63, 3.8) is 0 Å². The van der Waals surface area contributed by atoms with E-state index < -0.39 is 0 Å². The highest BCUT2D eigenvalue weighted by atomic mass is 19.1. The van der Waals surface area contributed by atoms with Crippen LogP contribution in [0.1, 0.15) is 31.4 Å². The SMILES string of the molecule is CCC(=O)C(C)Cc1cc(F)ccc1C. The van der Waals surface area contributed by atoms with Gasteiger partial charge in [0.1, 0.15) is 11.6 Å². The summed E-state index contributed by atoms with van der Waals surface area (Å²) >= 11 is 0. The summed E-state index contributed by atoms with van der Waals surface area (Å²) in [6.45, 7) is 5.70. The number of carbonyl (C=O) groups excluding carboxylic acids is 1. The highest BCUT2D eigenvalue weighted by molar-refractivity contribution is 5.80. The molecule has 0 saturated carbocycles. The van der Waals surface area contributed by atoms with Gasteiger partial charge >= 0.3 is 0 Å². The molecule has 0 spiro atoms. The van der Waals surface area contributed by atoms with E-state index in [2.05, 4.69) is 0 Å². The molecule has 0 N–H and O–H groups in total. The van der Waals surface area contributed by atoms with Gasteiger partial charge in [-0.1, -0.05) is 19.9 Å². The molecule has 82 valence electrons. The maximum Gasteiger partial charge on any atom is 0.135 e. The molecule has 0 saturated heterocycles. The minimum Gasteiger partial charge on any atom is -0.299 e. The molecular formula is C13H17FO. The molecule has 1 aromatic carbocycles. The Morgan fingerprint density at radius 3 is 2.73 bits per heavy atom. The molecular weight excluding hydrogens is 191 g/mol. The second kappa shape index (κ2) is 5.06. The topological polar surface area (TPSA) is 17.1 Å². The quantitative estimate of drug-likeness (QED) is 0.742. The normalized spacial score (nSPS) is 12.5. The molecule has 1 nitrogen and oxygen atoms in total. The predicted octanol–water partition coefficient (Wildman–Crippen LogP) is 3.29. The zero-order valence-electron chi connectivity index (χ0n) is 9.51. The third-order valence-corrected chi connectivity index (χ3v) is 2.74. The maximum absolute atomic E-state index is 13.0. The van der Waals surface area contributed by atoms with Crippen LogP contribution in [0.5, 0.6) is 0 Å². The van der Waals surface area contributed by atoms with Crippen LogP contribution in [0.25, 0.3) is 0 Å². The lowest BCUT2D eigenvalue weighted by atomic mass is 9.93. The van der Waals surface area contributed by atoms with Gasteiger partial charge in [-0.3, -0.25) is 4.79 Å². The summed E-state index contributed by atoms with van der Waals surface area (Å²) in [5.41, 5.74) is 1.98. The van der Waals surface area contributed by atoms with E-state index in [1.807, 2.05) is 20.8 Å². The van der Waals surface area contributed by atoms with Crippen LogP contribution in [0.4, 0.5) is 4.39 Å². The van der Waals surface area contributed by atoms with Crippen LogP contribution in [0.3, 0.4) is 0 Å². The van der Waals surface area contributed by atoms with Crippen LogP contribution in [-0.4, -0.2) is 5.78 Å². The number of hydrogen-bond acceptors (Lipinski definition) is 1. The Labute approximate surface area is 90.3 Å². The third-order valence-electron chi connectivity index (χ3n) is 2.74. The first-order chi connectivity index (χ1) is 7.04. The fourth-order valence-corrected chi connectivity index (χ4v) is 1.65. The third kappa shape index (κ3) is 3.15. The molecule has 0 amide bonds. The van der Waals surface area contributed by atoms with Gasteiger partial charge < -0.3 is 0 Å². The van der Waals surface area contributed by atoms with Crippen LogP contribution in [0, 0.1) is 18.7 Å². The number of carbonyl (C=O) groups is 1. The molecule has 0 radical (unpaired) electrons. The van der Waals surface area contributed by atoms with Crippen LogP contribution in [-0.2, 0) is 11.2 Å². The van der Waals surface area contributed by atoms with Crippen LogP contribution in [0.15, 0.2) is 18.2 Å². The molecule has 0 bridgehead atoms. The van der Waals surface area contributed by atoms with Crippen molar-refractivity contribution in [2.24, 2.45) is 5.92 Å². The summed E-state index contributed by atoms with van der Waals surface area (Å²) in [5.74, 6) is -0.0130. The number of aryl methyl sites for hydroxylation is 1. The second-order valence-corrected chi connectivity index (χ2v) is 4.00. The Morgan fingerprint density at radius 2 is 2.13 bits per heavy atom. The summed E-state index contributed by atoms with van der Waals surface area (Å²) < 4.78 is 13.0. The highest BCUT2D eigenvalue weighted by Gasteiger charge is 2.12. The first-order valence-electron chi connectivity index (χ1n) is 5.32. The Bertz CT molecular complexity index is 358. The van der Waals surface area contributed by atoms with E-state index in [0.29, 0.717) is 12.8 Å². The zero-order valence-corrected chi connectivity index (χ0v) is 9.51. The summed E-state index contributed by atoms with van der Waals surface area (Å²) in [7, 11) is 0. The molecule has 0 aliphatic rings. The van der Waals surface area contributed by atoms with E-state index >= 15 is 0 Å². The summed E-state index contributed by atoms with van der Waals surface area (Å²) in [5, 5.41) is 0. The first kappa shape index (κ1) is 11.9. The lowest BCUT2D eigenvalue weighted by Gasteiger charge is -2.11. The van der Waals surface area contributed by atoms with E-state index in [-0.39, 0.29) is 17.5 Å². The largest absolute Gasteiger partial charge is 0.299 e. The molecule has 1 aromatic rings. The van der Waals surface area contributed by atoms with Crippen molar-refractivity contribution in [3.05, 3.63) is 35.1 Å². The fraction of sp³-hybridized carbons (Fsp3) is 0.462. The lowest BCUT2D eigenvalue weighted by molar-refractivity contribution is -0.122. The van der Waals surface area contributed by atoms with Crippen LogP contribution < -0.4 is 0 Å². The molecule has 2 heteroatoms. The zero-order chi connectivity index (χ0) is 11.4. The average Bonchev–Trinajstić information content (AvgIpc) is 2.22. The van der Waals surface area contributed by atoms with Gasteiger partial charge in [-0.2, -0.15) is 0 Å². The van der Waals surface area contributed by atoms with E-state index in [1.165, 1.54) is 12.1 Å². The van der Waals surface area contributed by atoms with Crippen molar-refractivity contribution in [3.8, 4) is 0 Å². The van der Waals surface area contributed by atoms with E-state index in [1.54, 1.807) is 6.07 Å². The van der Waals surface area contributed by atoms with Crippen molar-refractivity contribution in [1.82, 2.24) is 0 Å². The average molecular weight is 208 g/mol. The minimum atomic E-state index is -0.230.